The Kier molecular flexibility index (Phi) is 4.65. The molecule has 2 aromatic heterocycles. The van der Waals surface area contributed by atoms with Crippen LogP contribution in [0.3, 0.4) is 0 Å². The summed E-state index contributed by atoms with van der Waals surface area (Å²) in [6.45, 7) is 3.72. The second-order valence-corrected chi connectivity index (χ2v) is 8.59. The smallest absolute Gasteiger partial charge is 0.224 e. The number of thiophene rings is 1. The number of aromatic nitrogens is 2. The summed E-state index contributed by atoms with van der Waals surface area (Å²) in [4.78, 5) is 20.8. The summed E-state index contributed by atoms with van der Waals surface area (Å²) in [5.74, 6) is 0.428. The van der Waals surface area contributed by atoms with E-state index < -0.39 is 0 Å². The van der Waals surface area contributed by atoms with Crippen LogP contribution in [0.5, 0.6) is 0 Å². The van der Waals surface area contributed by atoms with Crippen molar-refractivity contribution in [3.63, 3.8) is 0 Å². The van der Waals surface area contributed by atoms with Gasteiger partial charge in [-0.3, -0.25) is 9.69 Å². The van der Waals surface area contributed by atoms with Crippen molar-refractivity contribution < 1.29 is 4.79 Å². The van der Waals surface area contributed by atoms with Crippen LogP contribution in [-0.2, 0) is 24.9 Å². The molecule has 1 saturated carbocycles. The van der Waals surface area contributed by atoms with Gasteiger partial charge < -0.3 is 9.88 Å². The Balaban J connectivity index is 1.38. The number of hydrogen-bond donors (Lipinski definition) is 1. The molecule has 6 heteroatoms. The van der Waals surface area contributed by atoms with Crippen molar-refractivity contribution in [2.24, 2.45) is 18.4 Å². The van der Waals surface area contributed by atoms with Gasteiger partial charge in [-0.1, -0.05) is 12.5 Å². The first-order valence-corrected chi connectivity index (χ1v) is 10.0. The minimum atomic E-state index is 0.170. The number of imidazole rings is 1. The molecule has 1 spiro atoms. The van der Waals surface area contributed by atoms with Crippen molar-refractivity contribution in [2.75, 3.05) is 13.1 Å². The van der Waals surface area contributed by atoms with Crippen LogP contribution in [0.4, 0.5) is 0 Å². The topological polar surface area (TPSA) is 50.2 Å². The van der Waals surface area contributed by atoms with E-state index in [-0.39, 0.29) is 17.2 Å². The van der Waals surface area contributed by atoms with Crippen molar-refractivity contribution >= 4 is 17.2 Å². The second-order valence-electron chi connectivity index (χ2n) is 7.56. The fourth-order valence-electron chi connectivity index (χ4n) is 4.63. The maximum Gasteiger partial charge on any atom is 0.224 e. The lowest BCUT2D eigenvalue weighted by molar-refractivity contribution is -0.128. The average Bonchev–Trinajstić information content (AvgIpc) is 3.38. The van der Waals surface area contributed by atoms with Crippen molar-refractivity contribution in [2.45, 2.75) is 38.8 Å². The standard InChI is InChI=1S/C19H26N4OS/c1-22-14-20-10-15(22)12-23-8-7-19(13-23)6-2-5-17(19)18(24)21-11-16-4-3-9-25-16/h3-4,9-10,14,17H,2,5-8,11-13H2,1H3,(H,21,24)/t17-,19+/m0/s1. The summed E-state index contributed by atoms with van der Waals surface area (Å²) in [7, 11) is 2.05. The summed E-state index contributed by atoms with van der Waals surface area (Å²) in [5, 5.41) is 5.25. The molecule has 5 nitrogen and oxygen atoms in total. The van der Waals surface area contributed by atoms with Crippen LogP contribution in [-0.4, -0.2) is 33.4 Å². The molecule has 0 unspecified atom stereocenters. The van der Waals surface area contributed by atoms with Gasteiger partial charge in [-0.2, -0.15) is 0 Å². The normalized spacial score (nSPS) is 26.5. The maximum absolute atomic E-state index is 12.8. The van der Waals surface area contributed by atoms with Gasteiger partial charge in [0.2, 0.25) is 5.91 Å². The number of nitrogens with one attached hydrogen (secondary N) is 1. The molecule has 3 heterocycles. The zero-order chi connectivity index (χ0) is 17.3. The van der Waals surface area contributed by atoms with E-state index in [9.17, 15) is 4.79 Å². The van der Waals surface area contributed by atoms with E-state index in [2.05, 4.69) is 31.2 Å². The number of carbonyl (C=O) groups excluding carboxylic acids is 1. The molecule has 0 aromatic carbocycles. The fourth-order valence-corrected chi connectivity index (χ4v) is 5.28. The fraction of sp³-hybridized carbons (Fsp3) is 0.579. The number of aryl methyl sites for hydroxylation is 1. The molecule has 2 atom stereocenters. The first-order valence-electron chi connectivity index (χ1n) is 9.14. The minimum Gasteiger partial charge on any atom is -0.351 e. The van der Waals surface area contributed by atoms with Gasteiger partial charge in [-0.15, -0.1) is 11.3 Å². The van der Waals surface area contributed by atoms with Crippen LogP contribution in [0.25, 0.3) is 0 Å². The van der Waals surface area contributed by atoms with E-state index in [1.165, 1.54) is 23.4 Å². The maximum atomic E-state index is 12.8. The Morgan fingerprint density at radius 2 is 2.40 bits per heavy atom. The molecule has 1 N–H and O–H groups in total. The first-order chi connectivity index (χ1) is 12.2. The third kappa shape index (κ3) is 3.37. The number of hydrogen-bond acceptors (Lipinski definition) is 4. The zero-order valence-electron chi connectivity index (χ0n) is 14.8. The van der Waals surface area contributed by atoms with E-state index >= 15 is 0 Å². The molecule has 1 aliphatic carbocycles. The molecule has 2 aliphatic rings. The van der Waals surface area contributed by atoms with Gasteiger partial charge in [0, 0.05) is 37.1 Å². The van der Waals surface area contributed by atoms with Crippen molar-refractivity contribution in [1.29, 1.82) is 0 Å². The molecule has 0 radical (unpaired) electrons. The lowest BCUT2D eigenvalue weighted by Gasteiger charge is -2.30. The Morgan fingerprint density at radius 1 is 1.48 bits per heavy atom. The van der Waals surface area contributed by atoms with Crippen LogP contribution in [0.1, 0.15) is 36.3 Å². The van der Waals surface area contributed by atoms with E-state index in [1.807, 2.05) is 25.6 Å². The molecule has 0 bridgehead atoms. The molecule has 4 rings (SSSR count). The molecular weight excluding hydrogens is 332 g/mol. The first kappa shape index (κ1) is 16.8. The summed E-state index contributed by atoms with van der Waals surface area (Å²) in [6.07, 6.45) is 8.35. The van der Waals surface area contributed by atoms with Gasteiger partial charge in [-0.05, 0) is 42.7 Å². The Bertz CT molecular complexity index is 726. The highest BCUT2D eigenvalue weighted by molar-refractivity contribution is 7.09. The molecular formula is C19H26N4OS. The van der Waals surface area contributed by atoms with E-state index in [1.54, 1.807) is 11.3 Å². The minimum absolute atomic E-state index is 0.170. The predicted octanol–water partition coefficient (Wildman–Crippen LogP) is 2.79. The van der Waals surface area contributed by atoms with Crippen LogP contribution in [0.15, 0.2) is 30.0 Å². The molecule has 2 fully saturated rings. The monoisotopic (exact) mass is 358 g/mol. The van der Waals surface area contributed by atoms with E-state index in [4.69, 9.17) is 0 Å². The quantitative estimate of drug-likeness (QED) is 0.894. The van der Waals surface area contributed by atoms with Gasteiger partial charge in [0.05, 0.1) is 18.6 Å². The van der Waals surface area contributed by atoms with Gasteiger partial charge in [0.25, 0.3) is 0 Å². The zero-order valence-corrected chi connectivity index (χ0v) is 15.6. The van der Waals surface area contributed by atoms with Crippen LogP contribution in [0.2, 0.25) is 0 Å². The number of carbonyl (C=O) groups is 1. The summed E-state index contributed by atoms with van der Waals surface area (Å²) in [6, 6.07) is 4.12. The van der Waals surface area contributed by atoms with Crippen molar-refractivity contribution in [3.8, 4) is 0 Å². The lowest BCUT2D eigenvalue weighted by Crippen LogP contribution is -2.40. The van der Waals surface area contributed by atoms with Crippen molar-refractivity contribution in [3.05, 3.63) is 40.6 Å². The molecule has 1 saturated heterocycles. The molecule has 25 heavy (non-hydrogen) atoms. The van der Waals surface area contributed by atoms with Crippen LogP contribution >= 0.6 is 11.3 Å². The van der Waals surface area contributed by atoms with Gasteiger partial charge in [0.15, 0.2) is 0 Å². The molecule has 134 valence electrons. The second kappa shape index (κ2) is 6.92. The van der Waals surface area contributed by atoms with Gasteiger partial charge >= 0.3 is 0 Å². The summed E-state index contributed by atoms with van der Waals surface area (Å²) < 4.78 is 2.09. The van der Waals surface area contributed by atoms with Gasteiger partial charge in [-0.25, -0.2) is 4.98 Å². The van der Waals surface area contributed by atoms with E-state index in [0.717, 1.165) is 32.5 Å². The number of nitrogens with zero attached hydrogens (tertiary/aromatic N) is 3. The van der Waals surface area contributed by atoms with Crippen LogP contribution < -0.4 is 5.32 Å². The number of likely N-dealkylation sites (tertiary alicyclic amines) is 1. The van der Waals surface area contributed by atoms with Crippen molar-refractivity contribution in [1.82, 2.24) is 19.8 Å². The number of amides is 1. The Labute approximate surface area is 153 Å². The van der Waals surface area contributed by atoms with Gasteiger partial charge in [0.1, 0.15) is 0 Å². The lowest BCUT2D eigenvalue weighted by atomic mass is 9.76. The SMILES string of the molecule is Cn1cncc1CN1CC[C@]2(CCC[C@H]2C(=O)NCc2cccs2)C1. The molecule has 1 aliphatic heterocycles. The molecule has 2 aromatic rings. The Morgan fingerprint density at radius 3 is 3.16 bits per heavy atom. The summed E-state index contributed by atoms with van der Waals surface area (Å²) in [5.41, 5.74) is 1.42. The molecule has 1 amide bonds. The van der Waals surface area contributed by atoms with Crippen LogP contribution in [0, 0.1) is 11.3 Å². The van der Waals surface area contributed by atoms with E-state index in [0.29, 0.717) is 6.54 Å². The average molecular weight is 359 g/mol. The highest BCUT2D eigenvalue weighted by Gasteiger charge is 2.50. The third-order valence-corrected chi connectivity index (χ3v) is 6.88. The Hall–Kier alpha value is -1.66. The highest BCUT2D eigenvalue weighted by atomic mass is 32.1. The number of rotatable bonds is 5. The highest BCUT2D eigenvalue weighted by Crippen LogP contribution is 2.50. The summed E-state index contributed by atoms with van der Waals surface area (Å²) >= 11 is 1.70. The third-order valence-electron chi connectivity index (χ3n) is 6.01. The predicted molar refractivity (Wildman–Crippen MR) is 99.0 cm³/mol. The largest absolute Gasteiger partial charge is 0.351 e.